The molecule has 0 bridgehead atoms. The number of nitrogens with one attached hydrogen (secondary N) is 1. The Bertz CT molecular complexity index is 616. The Balaban J connectivity index is 3.06. The molecule has 1 rings (SSSR count). The van der Waals surface area contributed by atoms with Gasteiger partial charge in [-0.1, -0.05) is 12.1 Å². The van der Waals surface area contributed by atoms with E-state index in [4.69, 9.17) is 0 Å². The van der Waals surface area contributed by atoms with Crippen molar-refractivity contribution in [1.82, 2.24) is 4.72 Å². The van der Waals surface area contributed by atoms with E-state index in [-0.39, 0.29) is 6.61 Å². The van der Waals surface area contributed by atoms with Crippen LogP contribution in [0.25, 0.3) is 0 Å². The zero-order valence-electron chi connectivity index (χ0n) is 10.3. The van der Waals surface area contributed by atoms with Gasteiger partial charge in [0.05, 0.1) is 11.5 Å². The molecule has 1 N–H and O–H groups in total. The molecule has 0 spiro atoms. The Morgan fingerprint density at radius 3 is 2.65 bits per heavy atom. The standard InChI is InChI=1S/C10H12N2O6S2/c1-2-18-10(13)9(19)11-20(16,17)8-6-4-3-5-7(8)12(14)15/h3-6,9,11,19H,2H2,1H3. The first kappa shape index (κ1) is 16.4. The molecule has 0 aliphatic rings. The zero-order chi connectivity index (χ0) is 15.3. The van der Waals surface area contributed by atoms with Gasteiger partial charge in [-0.05, 0) is 13.0 Å². The number of carbonyl (C=O) groups is 1. The lowest BCUT2D eigenvalue weighted by molar-refractivity contribution is -0.387. The number of thiol groups is 1. The van der Waals surface area contributed by atoms with Crippen molar-refractivity contribution in [3.8, 4) is 0 Å². The van der Waals surface area contributed by atoms with Crippen LogP contribution in [0, 0.1) is 10.1 Å². The third-order valence-corrected chi connectivity index (χ3v) is 4.11. The second-order valence-electron chi connectivity index (χ2n) is 3.50. The first-order valence-corrected chi connectivity index (χ1v) is 7.40. The number of nitrogens with zero attached hydrogens (tertiary/aromatic N) is 1. The summed E-state index contributed by atoms with van der Waals surface area (Å²) in [4.78, 5) is 20.7. The minimum atomic E-state index is -4.27. The van der Waals surface area contributed by atoms with Crippen LogP contribution in [-0.4, -0.2) is 31.3 Å². The fraction of sp³-hybridized carbons (Fsp3) is 0.300. The average molecular weight is 320 g/mol. The molecule has 110 valence electrons. The molecule has 20 heavy (non-hydrogen) atoms. The highest BCUT2D eigenvalue weighted by atomic mass is 32.2. The van der Waals surface area contributed by atoms with Crippen LogP contribution in [0.5, 0.6) is 0 Å². The number of para-hydroxylation sites is 1. The van der Waals surface area contributed by atoms with Crippen LogP contribution in [0.4, 0.5) is 5.69 Å². The quantitative estimate of drug-likeness (QED) is 0.262. The van der Waals surface area contributed by atoms with E-state index in [1.165, 1.54) is 12.1 Å². The maximum Gasteiger partial charge on any atom is 0.334 e. The highest BCUT2D eigenvalue weighted by Gasteiger charge is 2.29. The van der Waals surface area contributed by atoms with Gasteiger partial charge in [0.25, 0.3) is 5.69 Å². The Labute approximate surface area is 120 Å². The topological polar surface area (TPSA) is 116 Å². The molecule has 0 saturated heterocycles. The summed E-state index contributed by atoms with van der Waals surface area (Å²) >= 11 is 3.75. The number of hydrogen-bond donors (Lipinski definition) is 2. The van der Waals surface area contributed by atoms with Gasteiger partial charge in [-0.2, -0.15) is 4.72 Å². The third-order valence-electron chi connectivity index (χ3n) is 2.13. The van der Waals surface area contributed by atoms with E-state index in [1.54, 1.807) is 6.92 Å². The van der Waals surface area contributed by atoms with Crippen LogP contribution < -0.4 is 4.72 Å². The molecule has 1 aromatic carbocycles. The maximum absolute atomic E-state index is 12.0. The molecule has 10 heteroatoms. The Kier molecular flexibility index (Phi) is 5.48. The van der Waals surface area contributed by atoms with Gasteiger partial charge in [0.2, 0.25) is 10.0 Å². The molecular formula is C10H12N2O6S2. The molecular weight excluding hydrogens is 308 g/mol. The Morgan fingerprint density at radius 1 is 1.50 bits per heavy atom. The fourth-order valence-electron chi connectivity index (χ4n) is 1.31. The predicted octanol–water partition coefficient (Wildman–Crippen LogP) is 0.692. The molecule has 0 aliphatic heterocycles. The number of hydrogen-bond acceptors (Lipinski definition) is 7. The molecule has 1 atom stereocenters. The van der Waals surface area contributed by atoms with Crippen molar-refractivity contribution < 1.29 is 22.9 Å². The molecule has 0 saturated carbocycles. The van der Waals surface area contributed by atoms with Crippen LogP contribution >= 0.6 is 12.6 Å². The van der Waals surface area contributed by atoms with Crippen LogP contribution in [0.15, 0.2) is 29.2 Å². The molecule has 0 aromatic heterocycles. The van der Waals surface area contributed by atoms with E-state index in [0.29, 0.717) is 0 Å². The summed E-state index contributed by atoms with van der Waals surface area (Å²) in [7, 11) is -4.27. The number of rotatable bonds is 6. The van der Waals surface area contributed by atoms with Crippen LogP contribution in [0.2, 0.25) is 0 Å². The lowest BCUT2D eigenvalue weighted by atomic mass is 10.3. The monoisotopic (exact) mass is 320 g/mol. The van der Waals surface area contributed by atoms with Gasteiger partial charge < -0.3 is 4.74 Å². The summed E-state index contributed by atoms with van der Waals surface area (Å²) in [6.07, 6.45) is 0. The third kappa shape index (κ3) is 3.92. The van der Waals surface area contributed by atoms with Gasteiger partial charge in [0, 0.05) is 6.07 Å². The van der Waals surface area contributed by atoms with Gasteiger partial charge in [-0.3, -0.25) is 10.1 Å². The number of benzene rings is 1. The van der Waals surface area contributed by atoms with Gasteiger partial charge in [-0.15, -0.1) is 12.6 Å². The van der Waals surface area contributed by atoms with Crippen LogP contribution in [0.3, 0.4) is 0 Å². The largest absolute Gasteiger partial charge is 0.464 e. The van der Waals surface area contributed by atoms with Crippen LogP contribution in [-0.2, 0) is 19.6 Å². The van der Waals surface area contributed by atoms with Gasteiger partial charge in [-0.25, -0.2) is 13.2 Å². The van der Waals surface area contributed by atoms with Crippen LogP contribution in [0.1, 0.15) is 6.92 Å². The number of sulfonamides is 1. The minimum absolute atomic E-state index is 0.0586. The number of ether oxygens (including phenoxy) is 1. The molecule has 0 amide bonds. The molecule has 1 unspecified atom stereocenters. The van der Waals surface area contributed by atoms with Crippen molar-refractivity contribution in [1.29, 1.82) is 0 Å². The van der Waals surface area contributed by atoms with Crippen molar-refractivity contribution in [2.75, 3.05) is 6.61 Å². The highest BCUT2D eigenvalue weighted by Crippen LogP contribution is 2.23. The normalized spacial score (nSPS) is 12.7. The number of nitro groups is 1. The molecule has 1 aromatic rings. The van der Waals surface area contributed by atoms with Gasteiger partial charge >= 0.3 is 5.97 Å². The lowest BCUT2D eigenvalue weighted by Crippen LogP contribution is -2.38. The summed E-state index contributed by atoms with van der Waals surface area (Å²) < 4.78 is 30.5. The maximum atomic E-state index is 12.0. The van der Waals surface area contributed by atoms with E-state index in [9.17, 15) is 23.3 Å². The van der Waals surface area contributed by atoms with Gasteiger partial charge in [0.15, 0.2) is 10.3 Å². The summed E-state index contributed by atoms with van der Waals surface area (Å²) in [6, 6.07) is 4.78. The van der Waals surface area contributed by atoms with E-state index >= 15 is 0 Å². The zero-order valence-corrected chi connectivity index (χ0v) is 12.1. The van der Waals surface area contributed by atoms with E-state index < -0.39 is 36.9 Å². The summed E-state index contributed by atoms with van der Waals surface area (Å²) in [5.74, 6) is -0.891. The Hall–Kier alpha value is -1.65. The van der Waals surface area contributed by atoms with Crippen molar-refractivity contribution >= 4 is 34.3 Å². The van der Waals surface area contributed by atoms with Gasteiger partial charge in [0.1, 0.15) is 0 Å². The molecule has 8 nitrogen and oxygen atoms in total. The molecule has 0 heterocycles. The highest BCUT2D eigenvalue weighted by molar-refractivity contribution is 7.91. The van der Waals surface area contributed by atoms with Crippen molar-refractivity contribution in [3.05, 3.63) is 34.4 Å². The van der Waals surface area contributed by atoms with E-state index in [1.807, 2.05) is 4.72 Å². The Morgan fingerprint density at radius 2 is 2.10 bits per heavy atom. The number of nitro benzene ring substituents is 1. The first-order valence-electron chi connectivity index (χ1n) is 5.40. The van der Waals surface area contributed by atoms with E-state index in [2.05, 4.69) is 17.4 Å². The summed E-state index contributed by atoms with van der Waals surface area (Å²) in [6.45, 7) is 1.61. The molecule has 0 fully saturated rings. The van der Waals surface area contributed by atoms with Crippen molar-refractivity contribution in [2.24, 2.45) is 0 Å². The fourth-order valence-corrected chi connectivity index (χ4v) is 3.00. The lowest BCUT2D eigenvalue weighted by Gasteiger charge is -2.12. The minimum Gasteiger partial charge on any atom is -0.464 e. The van der Waals surface area contributed by atoms with Crippen molar-refractivity contribution in [3.63, 3.8) is 0 Å². The first-order chi connectivity index (χ1) is 9.29. The number of esters is 1. The second-order valence-corrected chi connectivity index (χ2v) is 5.70. The molecule has 0 aliphatic carbocycles. The SMILES string of the molecule is CCOC(=O)C(S)NS(=O)(=O)c1ccccc1[N+](=O)[O-]. The second kappa shape index (κ2) is 6.68. The van der Waals surface area contributed by atoms with E-state index in [0.717, 1.165) is 12.1 Å². The number of carbonyl (C=O) groups excluding carboxylic acids is 1. The smallest absolute Gasteiger partial charge is 0.334 e. The predicted molar refractivity (Wildman–Crippen MR) is 72.8 cm³/mol. The average Bonchev–Trinajstić information content (AvgIpc) is 2.38. The summed E-state index contributed by atoms with van der Waals surface area (Å²) in [5.41, 5.74) is -0.593. The van der Waals surface area contributed by atoms with Crippen molar-refractivity contribution in [2.45, 2.75) is 17.2 Å². The molecule has 0 radical (unpaired) electrons. The summed E-state index contributed by atoms with van der Waals surface area (Å²) in [5, 5.41) is 9.35.